The lowest BCUT2D eigenvalue weighted by molar-refractivity contribution is -0.373. The third-order valence-electron chi connectivity index (χ3n) is 12.4. The molecule has 5 fully saturated rings. The Morgan fingerprint density at radius 2 is 0.703 bits per heavy atom. The topological polar surface area (TPSA) is 805 Å². The van der Waals surface area contributed by atoms with Gasteiger partial charge in [0.25, 0.3) is 0 Å². The van der Waals surface area contributed by atoms with E-state index >= 15 is 0 Å². The van der Waals surface area contributed by atoms with Gasteiger partial charge in [-0.05, 0) is 0 Å². The summed E-state index contributed by atoms with van der Waals surface area (Å²) in [5, 5.41) is 87.8. The molecule has 0 aliphatic carbocycles. The number of nitrogens with one attached hydrogen (secondary N) is 3. The second-order valence-electron chi connectivity index (χ2n) is 18.7. The maximum Gasteiger partial charge on any atom is 0.397 e. The smallest absolute Gasteiger partial charge is 0.397 e. The molecular weight excluding hydrogens is 1450 g/mol. The molecule has 0 aromatic carbocycles. The summed E-state index contributed by atoms with van der Waals surface area (Å²) >= 11 is 0. The van der Waals surface area contributed by atoms with E-state index in [2.05, 4.69) is 20.9 Å². The van der Waals surface area contributed by atoms with E-state index in [0.29, 0.717) is 0 Å². The van der Waals surface area contributed by atoms with Gasteiger partial charge >= 0.3 is 94.8 Å². The highest BCUT2D eigenvalue weighted by molar-refractivity contribution is 7.84. The van der Waals surface area contributed by atoms with Crippen LogP contribution in [-0.4, -0.2) is 337 Å². The van der Waals surface area contributed by atoms with Crippen molar-refractivity contribution in [1.82, 2.24) is 14.2 Å². The number of methoxy groups -OCH3 is 1. The van der Waals surface area contributed by atoms with Crippen LogP contribution in [0.25, 0.3) is 0 Å². The summed E-state index contributed by atoms with van der Waals surface area (Å²) in [4.78, 5) is 25.8. The van der Waals surface area contributed by atoms with Crippen molar-refractivity contribution in [1.29, 1.82) is 0 Å². The van der Waals surface area contributed by atoms with E-state index in [-0.39, 0.29) is 0 Å². The first-order valence-corrected chi connectivity index (χ1v) is 34.7. The van der Waals surface area contributed by atoms with Gasteiger partial charge in [0.2, 0.25) is 0 Å². The molecule has 91 heavy (non-hydrogen) atoms. The van der Waals surface area contributed by atoms with Crippen LogP contribution in [0.4, 0.5) is 0 Å². The van der Waals surface area contributed by atoms with Crippen LogP contribution in [0.15, 0.2) is 0 Å². The molecule has 0 radical (unpaired) electrons. The number of ether oxygens (including phenoxy) is 10. The number of hydrogen-bond acceptors (Lipinski definition) is 39. The molecule has 0 saturated carbocycles. The van der Waals surface area contributed by atoms with Crippen molar-refractivity contribution in [3.63, 3.8) is 0 Å². The summed E-state index contributed by atoms with van der Waals surface area (Å²) in [6, 6.07) is -8.17. The van der Waals surface area contributed by atoms with Crippen LogP contribution in [0.5, 0.6) is 0 Å². The van der Waals surface area contributed by atoms with E-state index in [1.807, 2.05) is 0 Å². The molecule has 0 spiro atoms. The third-order valence-corrected chi connectivity index (χ3v) is 16.4. The van der Waals surface area contributed by atoms with Crippen molar-refractivity contribution in [2.45, 2.75) is 153 Å². The van der Waals surface area contributed by atoms with Crippen molar-refractivity contribution in [3.05, 3.63) is 0 Å². The number of aliphatic carboxylic acids is 2. The zero-order valence-corrected chi connectivity index (χ0v) is 50.5. The molecule has 5 rings (SSSR count). The highest BCUT2D eigenvalue weighted by Crippen LogP contribution is 2.39. The van der Waals surface area contributed by atoms with Gasteiger partial charge < -0.3 is 88.2 Å². The molecule has 5 unspecified atom stereocenters. The average Bonchev–Trinajstić information content (AvgIpc) is 0.767. The molecule has 5 aliphatic heterocycles. The lowest BCUT2D eigenvalue weighted by Gasteiger charge is -2.50. The maximum atomic E-state index is 13.0. The van der Waals surface area contributed by atoms with Gasteiger partial charge in [-0.15, -0.1) is 0 Å². The zero-order chi connectivity index (χ0) is 69.4. The highest BCUT2D eigenvalue weighted by Gasteiger charge is 2.61. The van der Waals surface area contributed by atoms with Crippen LogP contribution in [0, 0.1) is 0 Å². The quantitative estimate of drug-likeness (QED) is 0.0297. The van der Waals surface area contributed by atoms with E-state index < -0.39 is 268 Å². The number of carbonyl (C=O) groups is 2. The molecule has 60 heteroatoms. The Labute approximate surface area is 509 Å². The minimum Gasteiger partial charge on any atom is -0.479 e. The predicted octanol–water partition coefficient (Wildman–Crippen LogP) is -13.8. The van der Waals surface area contributed by atoms with Crippen LogP contribution in [0.3, 0.4) is 0 Å². The van der Waals surface area contributed by atoms with Gasteiger partial charge in [0.05, 0.1) is 19.8 Å². The number of carboxylic acids is 2. The minimum atomic E-state index is -6.36. The first-order valence-electron chi connectivity index (χ1n) is 23.5. The Morgan fingerprint density at radius 1 is 0.352 bits per heavy atom. The molecule has 5 aliphatic rings. The Morgan fingerprint density at radius 3 is 1.13 bits per heavy atom. The average molecular weight is 1510 g/mol. The fourth-order valence-electron chi connectivity index (χ4n) is 8.98. The summed E-state index contributed by atoms with van der Waals surface area (Å²) in [5.41, 5.74) is 0. The fourth-order valence-corrected chi connectivity index (χ4v) is 12.7. The highest BCUT2D eigenvalue weighted by atomic mass is 32.3. The van der Waals surface area contributed by atoms with Crippen LogP contribution in [-0.2, 0) is 161 Å². The SMILES string of the molecule is COC1O[C@H](COS(=O)(=O)O)[C@@H](O[C@@H]2O[C@@H](C(=O)O)[C@@H](OC3O[C@H](COS(=O)(=O)O)[C@@H](O[C@@H]4O[C@H](C(=O)O)[C@@H](OC5O[C@H](COS(=O)(=O)O)[C@@H](O)[C@H](O)[C@H]5NS(=O)(=O)O)C(O)[C@H]4O)[C@H](OS(=O)(=O)O)[C@H]3NS(=O)(=O)O)[C@H](O)[C@H]2OS(=O)(=O)O)C(O)[C@H]1NS(=O)(=O)O. The van der Waals surface area contributed by atoms with E-state index in [9.17, 15) is 150 Å². The van der Waals surface area contributed by atoms with Crippen molar-refractivity contribution in [2.75, 3.05) is 26.9 Å². The molecule has 0 bridgehead atoms. The van der Waals surface area contributed by atoms with Gasteiger partial charge in [-0.3, -0.25) is 36.4 Å². The van der Waals surface area contributed by atoms with Gasteiger partial charge in [-0.2, -0.15) is 81.5 Å². The molecule has 0 aromatic rings. The maximum absolute atomic E-state index is 13.0. The lowest BCUT2D eigenvalue weighted by Crippen LogP contribution is -2.71. The van der Waals surface area contributed by atoms with Crippen molar-refractivity contribution < 1.29 is 222 Å². The summed E-state index contributed by atoms with van der Waals surface area (Å²) in [6.45, 7) is -5.06. The monoisotopic (exact) mass is 1510 g/mol. The van der Waals surface area contributed by atoms with Gasteiger partial charge in [-0.25, -0.2) is 30.5 Å². The summed E-state index contributed by atoms with van der Waals surface area (Å²) in [7, 11) is -45.9. The molecule has 0 aromatic heterocycles. The van der Waals surface area contributed by atoms with Crippen molar-refractivity contribution in [3.8, 4) is 0 Å². The predicted molar refractivity (Wildman–Crippen MR) is 262 cm³/mol. The zero-order valence-electron chi connectivity index (χ0n) is 43.9. The molecular formula is C31H53N3O49S8. The number of aliphatic hydroxyl groups excluding tert-OH is 6. The summed E-state index contributed by atoms with van der Waals surface area (Å²) < 4.78 is 346. The van der Waals surface area contributed by atoms with Crippen LogP contribution < -0.4 is 14.2 Å². The molecule has 0 amide bonds. The standard InChI is InChI=1S/C31H53N3O49S8/c1-69-27-9(33-85(48,49)50)13(37)17(6(74-27)3-71-88(57,58)59)76-31-22(83-91(66,67)68)16(40)21(24(81-31)26(43)44)79-29-10(34-86(51,52)53)19(82-90(63,64)65)18(7(75-29)4-72-89(60,61)62)77-30-15(39)14(38)20(23(80-30)25(41)42)78-28-8(32-84(45,46)47)12(36)11(35)5(73-28)2-70-87(54,55)56/h5-24,27-40H,2-4H2,1H3,(H,41,42)(H,43,44)(H,45,46,47)(H,48,49,50)(H,51,52,53)(H,54,55,56)(H,57,58,59)(H,60,61,62)(H,63,64,65)(H,66,67,68)/t5-,6-,7-,8-,9-,10-,11-,12-,13?,14?,15-,16+,17-,18-,19-,20+,21+,22-,23+,24-,27?,28?,29?,30-,31-/m1/s1. The second-order valence-corrected chi connectivity index (χ2v) is 27.6. The molecule has 25 atom stereocenters. The van der Waals surface area contributed by atoms with Gasteiger partial charge in [0.15, 0.2) is 49.8 Å². The van der Waals surface area contributed by atoms with Crippen LogP contribution in [0.1, 0.15) is 0 Å². The minimum absolute atomic E-state index is 0.735. The van der Waals surface area contributed by atoms with Gasteiger partial charge in [0.1, 0.15) is 104 Å². The number of rotatable bonds is 30. The van der Waals surface area contributed by atoms with Crippen LogP contribution in [0.2, 0.25) is 0 Å². The largest absolute Gasteiger partial charge is 0.479 e. The molecule has 534 valence electrons. The normalized spacial score (nSPS) is 38.6. The Kier molecular flexibility index (Phi) is 26.0. The summed E-state index contributed by atoms with van der Waals surface area (Å²) in [5.74, 6) is -4.91. The molecule has 19 N–H and O–H groups in total. The van der Waals surface area contributed by atoms with Crippen LogP contribution >= 0.6 is 0 Å². The van der Waals surface area contributed by atoms with Crippen molar-refractivity contribution >= 4 is 94.8 Å². The summed E-state index contributed by atoms with van der Waals surface area (Å²) in [6.07, 6.45) is -63.6. The lowest BCUT2D eigenvalue weighted by atomic mass is 9.94. The van der Waals surface area contributed by atoms with E-state index in [1.54, 1.807) is 0 Å². The van der Waals surface area contributed by atoms with Gasteiger partial charge in [-0.1, -0.05) is 0 Å². The Bertz CT molecular complexity index is 3490. The number of hydrogen-bond donors (Lipinski definition) is 19. The van der Waals surface area contributed by atoms with E-state index in [0.717, 1.165) is 11.8 Å². The first-order chi connectivity index (χ1) is 41.2. The van der Waals surface area contributed by atoms with E-state index in [4.69, 9.17) is 51.9 Å². The number of aliphatic hydroxyl groups is 6. The molecule has 52 nitrogen and oxygen atoms in total. The Hall–Kier alpha value is -2.74. The number of carboxylic acid groups (broad SMARTS) is 2. The Balaban J connectivity index is 1.60. The second kappa shape index (κ2) is 29.9. The van der Waals surface area contributed by atoms with Crippen molar-refractivity contribution in [2.24, 2.45) is 0 Å². The molecule has 5 heterocycles. The third kappa shape index (κ3) is 22.9. The molecule has 5 saturated heterocycles. The van der Waals surface area contributed by atoms with Gasteiger partial charge in [0, 0.05) is 7.11 Å². The van der Waals surface area contributed by atoms with E-state index in [1.165, 1.54) is 9.44 Å². The first kappa shape index (κ1) is 79.0. The fraction of sp³-hybridized carbons (Fsp3) is 0.935.